The Morgan fingerprint density at radius 1 is 1.38 bits per heavy atom. The molecule has 2 aliphatic heterocycles. The van der Waals surface area contributed by atoms with Crippen molar-refractivity contribution >= 4 is 17.7 Å². The molecule has 0 bridgehead atoms. The zero-order valence-corrected chi connectivity index (χ0v) is 13.4. The molecule has 2 aliphatic rings. The van der Waals surface area contributed by atoms with Gasteiger partial charge in [0.05, 0.1) is 19.8 Å². The van der Waals surface area contributed by atoms with Gasteiger partial charge in [-0.1, -0.05) is 18.2 Å². The second-order valence-corrected chi connectivity index (χ2v) is 6.03. The number of cyclic esters (lactones) is 1. The van der Waals surface area contributed by atoms with Crippen molar-refractivity contribution in [2.24, 2.45) is 5.73 Å². The van der Waals surface area contributed by atoms with Crippen LogP contribution in [0.2, 0.25) is 0 Å². The van der Waals surface area contributed by atoms with Crippen LogP contribution < -0.4 is 10.6 Å². The number of ether oxygens (including phenoxy) is 2. The Morgan fingerprint density at radius 2 is 2.08 bits per heavy atom. The van der Waals surface area contributed by atoms with Gasteiger partial charge in [0, 0.05) is 12.2 Å². The Balaban J connectivity index is 1.87. The molecule has 2 heterocycles. The van der Waals surface area contributed by atoms with Gasteiger partial charge < -0.3 is 15.2 Å². The fourth-order valence-electron chi connectivity index (χ4n) is 3.16. The number of para-hydroxylation sites is 1. The summed E-state index contributed by atoms with van der Waals surface area (Å²) in [4.78, 5) is 27.1. The molecular formula is C16H20FN3O4. The van der Waals surface area contributed by atoms with Gasteiger partial charge >= 0.3 is 6.09 Å². The number of alkyl halides is 1. The Morgan fingerprint density at radius 3 is 2.71 bits per heavy atom. The summed E-state index contributed by atoms with van der Waals surface area (Å²) in [6.07, 6.45) is -2.94. The van der Waals surface area contributed by atoms with Crippen LogP contribution in [0.25, 0.3) is 0 Å². The monoisotopic (exact) mass is 337 g/mol. The summed E-state index contributed by atoms with van der Waals surface area (Å²) in [6, 6.07) is 8.94. The highest BCUT2D eigenvalue weighted by Gasteiger charge is 2.54. The minimum Gasteiger partial charge on any atom is -0.441 e. The Bertz CT molecular complexity index is 629. The number of hydrogen-bond acceptors (Lipinski definition) is 5. The Hall–Kier alpha value is -2.19. The van der Waals surface area contributed by atoms with Crippen molar-refractivity contribution in [3.63, 3.8) is 0 Å². The van der Waals surface area contributed by atoms with E-state index < -0.39 is 29.9 Å². The molecule has 2 saturated heterocycles. The van der Waals surface area contributed by atoms with Gasteiger partial charge in [-0.25, -0.2) is 9.18 Å². The van der Waals surface area contributed by atoms with E-state index in [1.165, 1.54) is 16.7 Å². The molecule has 0 aliphatic carbocycles. The lowest BCUT2D eigenvalue weighted by Crippen LogP contribution is -2.67. The number of rotatable bonds is 4. The maximum atomic E-state index is 14.3. The van der Waals surface area contributed by atoms with Crippen molar-refractivity contribution < 1.29 is 23.5 Å². The van der Waals surface area contributed by atoms with E-state index >= 15 is 0 Å². The van der Waals surface area contributed by atoms with Crippen molar-refractivity contribution in [1.29, 1.82) is 0 Å². The van der Waals surface area contributed by atoms with Crippen molar-refractivity contribution in [3.8, 4) is 0 Å². The van der Waals surface area contributed by atoms with Crippen LogP contribution in [0.15, 0.2) is 30.3 Å². The molecule has 0 aromatic heterocycles. The third kappa shape index (κ3) is 2.71. The molecule has 0 radical (unpaired) electrons. The SMILES string of the molecule is CC(C(N)=O)(C1CN(c2ccccc2)C(=O)O1)N1CCOCC1F. The number of morpholine rings is 1. The zero-order valence-electron chi connectivity index (χ0n) is 13.4. The maximum absolute atomic E-state index is 14.3. The van der Waals surface area contributed by atoms with Crippen LogP contribution in [0.1, 0.15) is 6.92 Å². The number of amides is 2. The molecule has 3 rings (SSSR count). The Labute approximate surface area is 139 Å². The highest BCUT2D eigenvalue weighted by molar-refractivity contribution is 5.92. The van der Waals surface area contributed by atoms with Crippen LogP contribution in [0, 0.1) is 0 Å². The van der Waals surface area contributed by atoms with E-state index in [2.05, 4.69) is 0 Å². The van der Waals surface area contributed by atoms with Crippen LogP contribution >= 0.6 is 0 Å². The second-order valence-electron chi connectivity index (χ2n) is 6.03. The quantitative estimate of drug-likeness (QED) is 0.825. The summed E-state index contributed by atoms with van der Waals surface area (Å²) in [6.45, 7) is 1.96. The van der Waals surface area contributed by atoms with E-state index in [0.29, 0.717) is 5.69 Å². The van der Waals surface area contributed by atoms with Crippen LogP contribution in [-0.4, -0.2) is 61.1 Å². The predicted molar refractivity (Wildman–Crippen MR) is 84.1 cm³/mol. The van der Waals surface area contributed by atoms with Gasteiger partial charge in [0.15, 0.2) is 6.30 Å². The highest BCUT2D eigenvalue weighted by atomic mass is 19.1. The molecule has 0 spiro atoms. The molecule has 130 valence electrons. The van der Waals surface area contributed by atoms with Gasteiger partial charge in [-0.15, -0.1) is 0 Å². The lowest BCUT2D eigenvalue weighted by Gasteiger charge is -2.44. The average Bonchev–Trinajstić information content (AvgIpc) is 2.97. The number of nitrogens with zero attached hydrogens (tertiary/aromatic N) is 2. The summed E-state index contributed by atoms with van der Waals surface area (Å²) in [5.41, 5.74) is 4.77. The fraction of sp³-hybridized carbons (Fsp3) is 0.500. The van der Waals surface area contributed by atoms with Gasteiger partial charge in [0.2, 0.25) is 5.91 Å². The molecule has 2 N–H and O–H groups in total. The third-order valence-electron chi connectivity index (χ3n) is 4.67. The van der Waals surface area contributed by atoms with Gasteiger partial charge in [-0.05, 0) is 19.1 Å². The standard InChI is InChI=1S/C16H20FN3O4/c1-16(14(18)21,20-7-8-23-10-13(20)17)12-9-19(15(22)24-12)11-5-3-2-4-6-11/h2-6,12-13H,7-10H2,1H3,(H2,18,21). The summed E-state index contributed by atoms with van der Waals surface area (Å²) in [5.74, 6) is -0.736. The molecule has 24 heavy (non-hydrogen) atoms. The first-order valence-electron chi connectivity index (χ1n) is 7.76. The normalized spacial score (nSPS) is 27.6. The van der Waals surface area contributed by atoms with E-state index in [9.17, 15) is 14.0 Å². The van der Waals surface area contributed by atoms with Crippen molar-refractivity contribution in [2.75, 3.05) is 31.2 Å². The van der Waals surface area contributed by atoms with E-state index in [1.807, 2.05) is 6.07 Å². The first-order chi connectivity index (χ1) is 11.4. The third-order valence-corrected chi connectivity index (χ3v) is 4.67. The van der Waals surface area contributed by atoms with Crippen LogP contribution in [0.5, 0.6) is 0 Å². The summed E-state index contributed by atoms with van der Waals surface area (Å²) in [5, 5.41) is 0. The van der Waals surface area contributed by atoms with E-state index in [1.54, 1.807) is 24.3 Å². The molecule has 7 nitrogen and oxygen atoms in total. The molecule has 0 saturated carbocycles. The maximum Gasteiger partial charge on any atom is 0.414 e. The van der Waals surface area contributed by atoms with Crippen LogP contribution in [-0.2, 0) is 14.3 Å². The number of hydrogen-bond donors (Lipinski definition) is 1. The summed E-state index contributed by atoms with van der Waals surface area (Å²) in [7, 11) is 0. The van der Waals surface area contributed by atoms with Crippen molar-refractivity contribution in [3.05, 3.63) is 30.3 Å². The molecule has 1 aromatic rings. The first-order valence-corrected chi connectivity index (χ1v) is 7.76. The van der Waals surface area contributed by atoms with Crippen molar-refractivity contribution in [1.82, 2.24) is 4.90 Å². The fourth-order valence-corrected chi connectivity index (χ4v) is 3.16. The highest BCUT2D eigenvalue weighted by Crippen LogP contribution is 2.32. The molecule has 3 unspecified atom stereocenters. The topological polar surface area (TPSA) is 85.1 Å². The lowest BCUT2D eigenvalue weighted by molar-refractivity contribution is -0.159. The lowest BCUT2D eigenvalue weighted by atomic mass is 9.90. The molecular weight excluding hydrogens is 317 g/mol. The average molecular weight is 337 g/mol. The zero-order chi connectivity index (χ0) is 17.3. The smallest absolute Gasteiger partial charge is 0.414 e. The van der Waals surface area contributed by atoms with Gasteiger partial charge in [-0.2, -0.15) is 0 Å². The van der Waals surface area contributed by atoms with Gasteiger partial charge in [0.1, 0.15) is 11.6 Å². The van der Waals surface area contributed by atoms with E-state index in [-0.39, 0.29) is 26.3 Å². The number of benzene rings is 1. The number of carbonyl (C=O) groups is 2. The van der Waals surface area contributed by atoms with Crippen LogP contribution in [0.3, 0.4) is 0 Å². The summed E-state index contributed by atoms with van der Waals surface area (Å²) >= 11 is 0. The number of primary amides is 1. The predicted octanol–water partition coefficient (Wildman–Crippen LogP) is 0.884. The molecule has 2 fully saturated rings. The molecule has 3 atom stereocenters. The number of anilines is 1. The molecule has 1 aromatic carbocycles. The van der Waals surface area contributed by atoms with Gasteiger partial charge in [0.25, 0.3) is 0 Å². The number of carbonyl (C=O) groups excluding carboxylic acids is 2. The van der Waals surface area contributed by atoms with E-state index in [0.717, 1.165) is 0 Å². The number of halogens is 1. The minimum absolute atomic E-state index is 0.117. The molecule has 8 heteroatoms. The Kier molecular flexibility index (Phi) is 4.42. The summed E-state index contributed by atoms with van der Waals surface area (Å²) < 4.78 is 24.8. The number of nitrogens with two attached hydrogens (primary N) is 1. The molecule has 2 amide bonds. The first kappa shape index (κ1) is 16.7. The minimum atomic E-state index is -1.49. The van der Waals surface area contributed by atoms with Gasteiger partial charge in [-0.3, -0.25) is 14.6 Å². The largest absolute Gasteiger partial charge is 0.441 e. The van der Waals surface area contributed by atoms with E-state index in [4.69, 9.17) is 15.2 Å². The second kappa shape index (κ2) is 6.37. The van der Waals surface area contributed by atoms with Crippen LogP contribution in [0.4, 0.5) is 14.9 Å². The van der Waals surface area contributed by atoms with Crippen molar-refractivity contribution in [2.45, 2.75) is 24.9 Å².